The van der Waals surface area contributed by atoms with Crippen LogP contribution in [0.1, 0.15) is 22.5 Å². The molecule has 3 rings (SSSR count). The molecule has 1 aromatic heterocycles. The Hall–Kier alpha value is -2.14. The van der Waals surface area contributed by atoms with Crippen molar-refractivity contribution in [1.29, 1.82) is 0 Å². The van der Waals surface area contributed by atoms with Gasteiger partial charge >= 0.3 is 0 Å². The summed E-state index contributed by atoms with van der Waals surface area (Å²) in [5, 5.41) is 0. The first-order chi connectivity index (χ1) is 9.67. The first kappa shape index (κ1) is 12.9. The van der Waals surface area contributed by atoms with E-state index in [0.717, 1.165) is 30.9 Å². The SMILES string of the molecule is COc1cccc2c1CN(Cc1cnc(C)nc1N)C2. The fourth-order valence-electron chi connectivity index (χ4n) is 2.64. The Morgan fingerprint density at radius 2 is 2.20 bits per heavy atom. The maximum absolute atomic E-state index is 5.96. The molecule has 1 aliphatic heterocycles. The van der Waals surface area contributed by atoms with Crippen LogP contribution in [0.5, 0.6) is 5.75 Å². The van der Waals surface area contributed by atoms with E-state index in [1.54, 1.807) is 7.11 Å². The van der Waals surface area contributed by atoms with Crippen molar-refractivity contribution in [3.8, 4) is 5.75 Å². The third-order valence-corrected chi connectivity index (χ3v) is 3.64. The minimum Gasteiger partial charge on any atom is -0.496 e. The fourth-order valence-corrected chi connectivity index (χ4v) is 2.64. The van der Waals surface area contributed by atoms with Crippen LogP contribution in [0.3, 0.4) is 0 Å². The van der Waals surface area contributed by atoms with E-state index in [-0.39, 0.29) is 0 Å². The van der Waals surface area contributed by atoms with Crippen molar-refractivity contribution in [1.82, 2.24) is 14.9 Å². The van der Waals surface area contributed by atoms with Gasteiger partial charge in [0.2, 0.25) is 0 Å². The molecule has 1 aromatic carbocycles. The standard InChI is InChI=1S/C15H18N4O/c1-10-17-6-12(15(16)18-10)8-19-7-11-4-3-5-14(20-2)13(11)9-19/h3-6H,7-9H2,1-2H3,(H2,16,17,18). The predicted octanol–water partition coefficient (Wildman–Crippen LogP) is 1.89. The lowest BCUT2D eigenvalue weighted by atomic mass is 10.1. The van der Waals surface area contributed by atoms with Crippen LogP contribution in [0.4, 0.5) is 5.82 Å². The summed E-state index contributed by atoms with van der Waals surface area (Å²) in [5.41, 5.74) is 9.51. The molecule has 2 aromatic rings. The third-order valence-electron chi connectivity index (χ3n) is 3.64. The van der Waals surface area contributed by atoms with Gasteiger partial charge in [-0.25, -0.2) is 9.97 Å². The number of rotatable bonds is 3. The number of aromatic nitrogens is 2. The maximum Gasteiger partial charge on any atom is 0.131 e. The minimum absolute atomic E-state index is 0.570. The topological polar surface area (TPSA) is 64.3 Å². The van der Waals surface area contributed by atoms with Gasteiger partial charge in [0.15, 0.2) is 0 Å². The van der Waals surface area contributed by atoms with Gasteiger partial charge in [-0.3, -0.25) is 4.90 Å². The number of fused-ring (bicyclic) bond motifs is 1. The van der Waals surface area contributed by atoms with Gasteiger partial charge in [-0.2, -0.15) is 0 Å². The van der Waals surface area contributed by atoms with Gasteiger partial charge in [0, 0.05) is 37.0 Å². The van der Waals surface area contributed by atoms with Gasteiger partial charge in [-0.15, -0.1) is 0 Å². The molecule has 104 valence electrons. The van der Waals surface area contributed by atoms with E-state index >= 15 is 0 Å². The van der Waals surface area contributed by atoms with Crippen LogP contribution in [0.2, 0.25) is 0 Å². The Morgan fingerprint density at radius 1 is 1.35 bits per heavy atom. The number of hydrogen-bond acceptors (Lipinski definition) is 5. The van der Waals surface area contributed by atoms with E-state index < -0.39 is 0 Å². The highest BCUT2D eigenvalue weighted by Crippen LogP contribution is 2.31. The summed E-state index contributed by atoms with van der Waals surface area (Å²) in [6, 6.07) is 6.18. The van der Waals surface area contributed by atoms with E-state index in [9.17, 15) is 0 Å². The number of ether oxygens (including phenoxy) is 1. The zero-order chi connectivity index (χ0) is 14.1. The molecule has 2 heterocycles. The number of aryl methyl sites for hydroxylation is 1. The zero-order valence-electron chi connectivity index (χ0n) is 11.8. The average Bonchev–Trinajstić information content (AvgIpc) is 2.84. The Kier molecular flexibility index (Phi) is 3.28. The van der Waals surface area contributed by atoms with E-state index in [1.165, 1.54) is 11.1 Å². The van der Waals surface area contributed by atoms with Crippen molar-refractivity contribution in [3.05, 3.63) is 46.9 Å². The monoisotopic (exact) mass is 270 g/mol. The van der Waals surface area contributed by atoms with Gasteiger partial charge in [-0.1, -0.05) is 12.1 Å². The van der Waals surface area contributed by atoms with Gasteiger partial charge in [0.25, 0.3) is 0 Å². The smallest absolute Gasteiger partial charge is 0.131 e. The van der Waals surface area contributed by atoms with Crippen molar-refractivity contribution in [2.75, 3.05) is 12.8 Å². The quantitative estimate of drug-likeness (QED) is 0.922. The second-order valence-corrected chi connectivity index (χ2v) is 5.07. The molecule has 20 heavy (non-hydrogen) atoms. The molecule has 0 atom stereocenters. The van der Waals surface area contributed by atoms with Crippen LogP contribution < -0.4 is 10.5 Å². The number of methoxy groups -OCH3 is 1. The number of benzene rings is 1. The maximum atomic E-state index is 5.96. The van der Waals surface area contributed by atoms with Crippen molar-refractivity contribution >= 4 is 5.82 Å². The molecule has 0 spiro atoms. The van der Waals surface area contributed by atoms with Crippen molar-refractivity contribution in [2.24, 2.45) is 0 Å². The second kappa shape index (κ2) is 5.09. The largest absolute Gasteiger partial charge is 0.496 e. The summed E-state index contributed by atoms with van der Waals surface area (Å²) >= 11 is 0. The first-order valence-electron chi connectivity index (χ1n) is 6.62. The lowest BCUT2D eigenvalue weighted by Crippen LogP contribution is -2.17. The van der Waals surface area contributed by atoms with Crippen LogP contribution in [0.15, 0.2) is 24.4 Å². The molecular formula is C15H18N4O. The fraction of sp³-hybridized carbons (Fsp3) is 0.333. The summed E-state index contributed by atoms with van der Waals surface area (Å²) in [5.74, 6) is 2.23. The van der Waals surface area contributed by atoms with Crippen molar-refractivity contribution in [2.45, 2.75) is 26.6 Å². The third kappa shape index (κ3) is 2.32. The molecule has 0 radical (unpaired) electrons. The van der Waals surface area contributed by atoms with Gasteiger partial charge in [-0.05, 0) is 18.6 Å². The molecule has 5 nitrogen and oxygen atoms in total. The molecule has 0 fully saturated rings. The number of nitrogens with two attached hydrogens (primary N) is 1. The molecular weight excluding hydrogens is 252 g/mol. The minimum atomic E-state index is 0.570. The first-order valence-corrected chi connectivity index (χ1v) is 6.62. The molecule has 0 amide bonds. The zero-order valence-corrected chi connectivity index (χ0v) is 11.8. The van der Waals surface area contributed by atoms with Crippen LogP contribution in [0.25, 0.3) is 0 Å². The van der Waals surface area contributed by atoms with Gasteiger partial charge < -0.3 is 10.5 Å². The molecule has 0 unspecified atom stereocenters. The summed E-state index contributed by atoms with van der Waals surface area (Å²) in [7, 11) is 1.71. The van der Waals surface area contributed by atoms with Crippen LogP contribution in [-0.4, -0.2) is 22.0 Å². The lowest BCUT2D eigenvalue weighted by molar-refractivity contribution is 0.273. The Labute approximate surface area is 118 Å². The van der Waals surface area contributed by atoms with Crippen molar-refractivity contribution < 1.29 is 4.74 Å². The number of nitrogens with zero attached hydrogens (tertiary/aromatic N) is 3. The molecule has 0 aliphatic carbocycles. The Balaban J connectivity index is 1.79. The molecule has 0 bridgehead atoms. The lowest BCUT2D eigenvalue weighted by Gasteiger charge is -2.15. The van der Waals surface area contributed by atoms with Gasteiger partial charge in [0.1, 0.15) is 17.4 Å². The number of hydrogen-bond donors (Lipinski definition) is 1. The molecule has 0 saturated carbocycles. The number of nitrogen functional groups attached to an aromatic ring is 1. The van der Waals surface area contributed by atoms with E-state index in [0.29, 0.717) is 11.6 Å². The van der Waals surface area contributed by atoms with Crippen LogP contribution >= 0.6 is 0 Å². The summed E-state index contributed by atoms with van der Waals surface area (Å²) in [6.07, 6.45) is 1.82. The van der Waals surface area contributed by atoms with Crippen molar-refractivity contribution in [3.63, 3.8) is 0 Å². The van der Waals surface area contributed by atoms with E-state index in [2.05, 4.69) is 20.9 Å². The van der Waals surface area contributed by atoms with E-state index in [4.69, 9.17) is 10.5 Å². The predicted molar refractivity (Wildman–Crippen MR) is 77.1 cm³/mol. The average molecular weight is 270 g/mol. The summed E-state index contributed by atoms with van der Waals surface area (Å²) < 4.78 is 5.42. The Bertz CT molecular complexity index is 642. The van der Waals surface area contributed by atoms with Crippen LogP contribution in [0, 0.1) is 6.92 Å². The highest BCUT2D eigenvalue weighted by Gasteiger charge is 2.22. The van der Waals surface area contributed by atoms with Gasteiger partial charge in [0.05, 0.1) is 7.11 Å². The molecule has 1 aliphatic rings. The second-order valence-electron chi connectivity index (χ2n) is 5.07. The summed E-state index contributed by atoms with van der Waals surface area (Å²) in [4.78, 5) is 10.8. The van der Waals surface area contributed by atoms with E-state index in [1.807, 2.05) is 25.3 Å². The number of anilines is 1. The normalized spacial score (nSPS) is 14.3. The highest BCUT2D eigenvalue weighted by molar-refractivity contribution is 5.43. The highest BCUT2D eigenvalue weighted by atomic mass is 16.5. The Morgan fingerprint density at radius 3 is 2.95 bits per heavy atom. The summed E-state index contributed by atoms with van der Waals surface area (Å²) in [6.45, 7) is 4.37. The molecule has 0 saturated heterocycles. The molecule has 5 heteroatoms. The molecule has 2 N–H and O–H groups in total. The van der Waals surface area contributed by atoms with Crippen LogP contribution in [-0.2, 0) is 19.6 Å².